The average molecular weight is 316 g/mol. The summed E-state index contributed by atoms with van der Waals surface area (Å²) < 4.78 is 0. The van der Waals surface area contributed by atoms with Crippen LogP contribution < -0.4 is 10.2 Å². The second-order valence-corrected chi connectivity index (χ2v) is 7.09. The Labute approximate surface area is 134 Å². The molecule has 0 bridgehead atoms. The summed E-state index contributed by atoms with van der Waals surface area (Å²) in [6.07, 6.45) is 5.53. The van der Waals surface area contributed by atoms with Crippen LogP contribution in [0.25, 0.3) is 0 Å². The molecule has 0 aromatic carbocycles. The lowest BCUT2D eigenvalue weighted by atomic mass is 10.1. The van der Waals surface area contributed by atoms with Crippen LogP contribution in [0.15, 0.2) is 24.5 Å². The summed E-state index contributed by atoms with van der Waals surface area (Å²) in [6.45, 7) is 5.73. The van der Waals surface area contributed by atoms with Crippen molar-refractivity contribution in [2.24, 2.45) is 0 Å². The summed E-state index contributed by atoms with van der Waals surface area (Å²) in [4.78, 5) is 25.4. The summed E-state index contributed by atoms with van der Waals surface area (Å²) in [5.41, 5.74) is 0.801. The van der Waals surface area contributed by atoms with Crippen molar-refractivity contribution >= 4 is 23.2 Å². The third-order valence-corrected chi connectivity index (χ3v) is 4.84. The van der Waals surface area contributed by atoms with E-state index in [1.165, 1.54) is 4.88 Å². The van der Waals surface area contributed by atoms with Crippen LogP contribution in [0.2, 0.25) is 0 Å². The molecule has 2 aromatic heterocycles. The van der Waals surface area contributed by atoms with E-state index in [4.69, 9.17) is 0 Å². The molecule has 2 aromatic rings. The van der Waals surface area contributed by atoms with Gasteiger partial charge in [-0.15, -0.1) is 11.3 Å². The highest BCUT2D eigenvalue weighted by Crippen LogP contribution is 2.21. The molecule has 1 aliphatic rings. The molecule has 0 spiro atoms. The van der Waals surface area contributed by atoms with Gasteiger partial charge in [0.2, 0.25) is 5.95 Å². The Balaban J connectivity index is 1.65. The molecule has 1 N–H and O–H groups in total. The first-order valence-electron chi connectivity index (χ1n) is 7.53. The van der Waals surface area contributed by atoms with E-state index in [0.717, 1.165) is 42.3 Å². The van der Waals surface area contributed by atoms with Gasteiger partial charge in [-0.3, -0.25) is 4.79 Å². The zero-order valence-electron chi connectivity index (χ0n) is 12.9. The van der Waals surface area contributed by atoms with Crippen LogP contribution in [0.3, 0.4) is 0 Å². The van der Waals surface area contributed by atoms with Crippen LogP contribution in [0.5, 0.6) is 0 Å². The molecule has 0 aliphatic carbocycles. The lowest BCUT2D eigenvalue weighted by Crippen LogP contribution is -2.48. The second-order valence-electron chi connectivity index (χ2n) is 5.63. The quantitative estimate of drug-likeness (QED) is 0.945. The Kier molecular flexibility index (Phi) is 4.38. The number of hydrogen-bond donors (Lipinski definition) is 1. The molecule has 1 amide bonds. The van der Waals surface area contributed by atoms with Crippen molar-refractivity contribution in [2.75, 3.05) is 18.0 Å². The van der Waals surface area contributed by atoms with Crippen molar-refractivity contribution in [2.45, 2.75) is 32.7 Å². The minimum atomic E-state index is 0.0303. The standard InChI is InChI=1S/C16H20N4OS/c1-11-9-14(12(2)22-11)15(21)19-13-5-3-8-20(10-13)16-17-6-4-7-18-16/h4,6-7,9,13H,3,5,8,10H2,1-2H3,(H,19,21). The van der Waals surface area contributed by atoms with E-state index in [-0.39, 0.29) is 11.9 Å². The van der Waals surface area contributed by atoms with Crippen LogP contribution in [0, 0.1) is 13.8 Å². The van der Waals surface area contributed by atoms with Gasteiger partial charge in [0.25, 0.3) is 5.91 Å². The number of hydrogen-bond acceptors (Lipinski definition) is 5. The van der Waals surface area contributed by atoms with Gasteiger partial charge in [0.05, 0.1) is 5.56 Å². The zero-order valence-corrected chi connectivity index (χ0v) is 13.7. The Hall–Kier alpha value is -1.95. The van der Waals surface area contributed by atoms with E-state index in [0.29, 0.717) is 0 Å². The summed E-state index contributed by atoms with van der Waals surface area (Å²) in [5, 5.41) is 3.16. The Bertz CT molecular complexity index is 655. The normalized spacial score (nSPS) is 18.3. The first kappa shape index (κ1) is 15.0. The van der Waals surface area contributed by atoms with Crippen LogP contribution in [-0.4, -0.2) is 35.0 Å². The number of piperidine rings is 1. The minimum absolute atomic E-state index is 0.0303. The van der Waals surface area contributed by atoms with E-state index in [9.17, 15) is 4.79 Å². The molecular formula is C16H20N4OS. The first-order valence-corrected chi connectivity index (χ1v) is 8.35. The topological polar surface area (TPSA) is 58.1 Å². The van der Waals surface area contributed by atoms with Crippen LogP contribution in [0.1, 0.15) is 33.0 Å². The summed E-state index contributed by atoms with van der Waals surface area (Å²) in [5.74, 6) is 0.770. The van der Waals surface area contributed by atoms with Gasteiger partial charge in [-0.05, 0) is 38.8 Å². The second kappa shape index (κ2) is 6.44. The fraction of sp³-hybridized carbons (Fsp3) is 0.438. The van der Waals surface area contributed by atoms with E-state index in [2.05, 4.69) is 20.2 Å². The molecule has 1 atom stereocenters. The Morgan fingerprint density at radius 3 is 2.82 bits per heavy atom. The smallest absolute Gasteiger partial charge is 0.252 e. The van der Waals surface area contributed by atoms with Crippen molar-refractivity contribution in [1.82, 2.24) is 15.3 Å². The molecule has 116 valence electrons. The van der Waals surface area contributed by atoms with E-state index >= 15 is 0 Å². The molecule has 1 aliphatic heterocycles. The number of amides is 1. The molecular weight excluding hydrogens is 296 g/mol. The van der Waals surface area contributed by atoms with Gasteiger partial charge in [0, 0.05) is 41.3 Å². The largest absolute Gasteiger partial charge is 0.347 e. The number of nitrogens with zero attached hydrogens (tertiary/aromatic N) is 3. The van der Waals surface area contributed by atoms with Gasteiger partial charge < -0.3 is 10.2 Å². The monoisotopic (exact) mass is 316 g/mol. The predicted octanol–water partition coefficient (Wildman–Crippen LogP) is 2.55. The fourth-order valence-electron chi connectivity index (χ4n) is 2.85. The van der Waals surface area contributed by atoms with Gasteiger partial charge in [-0.25, -0.2) is 9.97 Å². The van der Waals surface area contributed by atoms with Gasteiger partial charge in [-0.2, -0.15) is 0 Å². The minimum Gasteiger partial charge on any atom is -0.347 e. The first-order chi connectivity index (χ1) is 10.6. The summed E-state index contributed by atoms with van der Waals surface area (Å²) in [6, 6.07) is 3.93. The van der Waals surface area contributed by atoms with Crippen LogP contribution in [-0.2, 0) is 0 Å². The van der Waals surface area contributed by atoms with E-state index < -0.39 is 0 Å². The number of nitrogens with one attached hydrogen (secondary N) is 1. The summed E-state index contributed by atoms with van der Waals surface area (Å²) >= 11 is 1.67. The number of thiophene rings is 1. The highest BCUT2D eigenvalue weighted by molar-refractivity contribution is 7.12. The zero-order chi connectivity index (χ0) is 15.5. The lowest BCUT2D eigenvalue weighted by molar-refractivity contribution is 0.0933. The Morgan fingerprint density at radius 2 is 2.14 bits per heavy atom. The SMILES string of the molecule is Cc1cc(C(=O)NC2CCCN(c3ncccn3)C2)c(C)s1. The van der Waals surface area contributed by atoms with Crippen molar-refractivity contribution in [1.29, 1.82) is 0 Å². The molecule has 1 fully saturated rings. The van der Waals surface area contributed by atoms with Crippen molar-refractivity contribution in [3.63, 3.8) is 0 Å². The highest BCUT2D eigenvalue weighted by atomic mass is 32.1. The van der Waals surface area contributed by atoms with Gasteiger partial charge >= 0.3 is 0 Å². The number of aryl methyl sites for hydroxylation is 2. The molecule has 0 radical (unpaired) electrons. The summed E-state index contributed by atoms with van der Waals surface area (Å²) in [7, 11) is 0. The van der Waals surface area contributed by atoms with Crippen LogP contribution in [0.4, 0.5) is 5.95 Å². The maximum absolute atomic E-state index is 12.4. The molecule has 5 nitrogen and oxygen atoms in total. The molecule has 3 rings (SSSR count). The molecule has 0 saturated carbocycles. The van der Waals surface area contributed by atoms with Crippen molar-refractivity contribution in [3.8, 4) is 0 Å². The number of carbonyl (C=O) groups is 1. The van der Waals surface area contributed by atoms with Crippen molar-refractivity contribution in [3.05, 3.63) is 39.8 Å². The van der Waals surface area contributed by atoms with Crippen molar-refractivity contribution < 1.29 is 4.79 Å². The molecule has 1 saturated heterocycles. The van der Waals surface area contributed by atoms with Gasteiger partial charge in [0.15, 0.2) is 0 Å². The predicted molar refractivity (Wildman–Crippen MR) is 88.5 cm³/mol. The molecule has 3 heterocycles. The fourth-order valence-corrected chi connectivity index (χ4v) is 3.77. The number of rotatable bonds is 3. The molecule has 22 heavy (non-hydrogen) atoms. The number of carbonyl (C=O) groups excluding carboxylic acids is 1. The lowest BCUT2D eigenvalue weighted by Gasteiger charge is -2.33. The Morgan fingerprint density at radius 1 is 1.36 bits per heavy atom. The van der Waals surface area contributed by atoms with Gasteiger partial charge in [-0.1, -0.05) is 0 Å². The van der Waals surface area contributed by atoms with Gasteiger partial charge in [0.1, 0.15) is 0 Å². The average Bonchev–Trinajstić information content (AvgIpc) is 2.87. The molecule has 1 unspecified atom stereocenters. The number of anilines is 1. The highest BCUT2D eigenvalue weighted by Gasteiger charge is 2.24. The molecule has 6 heteroatoms. The number of aromatic nitrogens is 2. The third-order valence-electron chi connectivity index (χ3n) is 3.88. The van der Waals surface area contributed by atoms with Crippen LogP contribution >= 0.6 is 11.3 Å². The third kappa shape index (κ3) is 3.27. The maximum Gasteiger partial charge on any atom is 0.252 e. The maximum atomic E-state index is 12.4. The van der Waals surface area contributed by atoms with E-state index in [1.54, 1.807) is 23.7 Å². The van der Waals surface area contributed by atoms with E-state index in [1.807, 2.05) is 26.0 Å².